The predicted molar refractivity (Wildman–Crippen MR) is 78.1 cm³/mol. The second-order valence-corrected chi connectivity index (χ2v) is 6.53. The topological polar surface area (TPSA) is 98.5 Å². The van der Waals surface area contributed by atoms with Crippen molar-refractivity contribution in [3.05, 3.63) is 46.3 Å². The van der Waals surface area contributed by atoms with Crippen LogP contribution in [0.4, 0.5) is 0 Å². The Hall–Kier alpha value is -1.90. The summed E-state index contributed by atoms with van der Waals surface area (Å²) in [7, 11) is -2.62. The lowest BCUT2D eigenvalue weighted by atomic mass is 10.2. The van der Waals surface area contributed by atoms with E-state index in [0.717, 1.165) is 0 Å². The first-order valence-corrected chi connectivity index (χ1v) is 7.99. The van der Waals surface area contributed by atoms with E-state index in [1.165, 1.54) is 25.3 Å². The summed E-state index contributed by atoms with van der Waals surface area (Å²) in [5.41, 5.74) is 0.613. The first-order valence-electron chi connectivity index (χ1n) is 6.13. The van der Waals surface area contributed by atoms with E-state index in [2.05, 4.69) is 14.6 Å². The zero-order chi connectivity index (χ0) is 16.3. The highest BCUT2D eigenvalue weighted by atomic mass is 35.5. The van der Waals surface area contributed by atoms with Gasteiger partial charge in [0.2, 0.25) is 10.0 Å². The number of carbonyl (C=O) groups is 1. The SMILES string of the molecule is COC(=O)c1ccc(S(=O)(=O)NCc2cc(C)on2)c(Cl)c1. The number of nitrogens with one attached hydrogen (secondary N) is 1. The minimum atomic E-state index is -3.84. The van der Waals surface area contributed by atoms with Crippen LogP contribution >= 0.6 is 11.6 Å². The molecule has 22 heavy (non-hydrogen) atoms. The normalized spacial score (nSPS) is 11.4. The molecule has 0 saturated heterocycles. The van der Waals surface area contributed by atoms with Gasteiger partial charge in [-0.3, -0.25) is 0 Å². The zero-order valence-electron chi connectivity index (χ0n) is 11.8. The largest absolute Gasteiger partial charge is 0.465 e. The predicted octanol–water partition coefficient (Wildman–Crippen LogP) is 1.90. The standard InChI is InChI=1S/C13H13ClN2O5S/c1-8-5-10(16-21-8)7-15-22(18,19)12-4-3-9(6-11(12)14)13(17)20-2/h3-6,15H,7H2,1-2H3. The minimum Gasteiger partial charge on any atom is -0.465 e. The van der Waals surface area contributed by atoms with Crippen LogP contribution in [0.1, 0.15) is 21.8 Å². The van der Waals surface area contributed by atoms with Gasteiger partial charge in [-0.25, -0.2) is 17.9 Å². The Bertz CT molecular complexity index is 801. The van der Waals surface area contributed by atoms with Gasteiger partial charge in [-0.1, -0.05) is 16.8 Å². The molecule has 0 spiro atoms. The van der Waals surface area contributed by atoms with E-state index in [1.807, 2.05) is 0 Å². The average molecular weight is 345 g/mol. The second kappa shape index (κ2) is 6.47. The summed E-state index contributed by atoms with van der Waals surface area (Å²) in [5.74, 6) is -0.0217. The van der Waals surface area contributed by atoms with Gasteiger partial charge < -0.3 is 9.26 Å². The number of methoxy groups -OCH3 is 1. The summed E-state index contributed by atoms with van der Waals surface area (Å²) in [6, 6.07) is 5.42. The van der Waals surface area contributed by atoms with Crippen LogP contribution in [0.25, 0.3) is 0 Å². The van der Waals surface area contributed by atoms with Crippen LogP contribution in [0.15, 0.2) is 33.7 Å². The first kappa shape index (κ1) is 16.5. The molecule has 0 aliphatic rings. The molecule has 0 unspecified atom stereocenters. The summed E-state index contributed by atoms with van der Waals surface area (Å²) < 4.78 is 36.2. The molecule has 1 heterocycles. The fourth-order valence-corrected chi connectivity index (χ4v) is 3.25. The summed E-state index contributed by atoms with van der Waals surface area (Å²) in [6.45, 7) is 1.67. The van der Waals surface area contributed by atoms with Crippen LogP contribution in [0, 0.1) is 6.92 Å². The van der Waals surface area contributed by atoms with E-state index in [-0.39, 0.29) is 22.0 Å². The Morgan fingerprint density at radius 1 is 1.41 bits per heavy atom. The van der Waals surface area contributed by atoms with E-state index in [9.17, 15) is 13.2 Å². The molecule has 2 rings (SSSR count). The number of hydrogen-bond acceptors (Lipinski definition) is 6. The molecule has 2 aromatic rings. The minimum absolute atomic E-state index is 0.0330. The molecule has 0 bridgehead atoms. The quantitative estimate of drug-likeness (QED) is 0.832. The maximum absolute atomic E-state index is 12.2. The molecular weight excluding hydrogens is 332 g/mol. The number of rotatable bonds is 5. The number of ether oxygens (including phenoxy) is 1. The highest BCUT2D eigenvalue weighted by Gasteiger charge is 2.20. The number of halogens is 1. The summed E-state index contributed by atoms with van der Waals surface area (Å²) >= 11 is 5.94. The maximum Gasteiger partial charge on any atom is 0.337 e. The van der Waals surface area contributed by atoms with Crippen LogP contribution in [-0.4, -0.2) is 26.7 Å². The fraction of sp³-hybridized carbons (Fsp3) is 0.231. The van der Waals surface area contributed by atoms with Crippen molar-refractivity contribution in [2.24, 2.45) is 0 Å². The van der Waals surface area contributed by atoms with E-state index in [4.69, 9.17) is 16.1 Å². The van der Waals surface area contributed by atoms with Gasteiger partial charge in [0.05, 0.1) is 29.9 Å². The van der Waals surface area contributed by atoms with Gasteiger partial charge >= 0.3 is 5.97 Å². The van der Waals surface area contributed by atoms with Crippen LogP contribution in [-0.2, 0) is 21.3 Å². The zero-order valence-corrected chi connectivity index (χ0v) is 13.4. The molecule has 0 saturated carbocycles. The molecule has 0 atom stereocenters. The lowest BCUT2D eigenvalue weighted by Gasteiger charge is -2.08. The van der Waals surface area contributed by atoms with Crippen molar-refractivity contribution in [2.75, 3.05) is 7.11 Å². The van der Waals surface area contributed by atoms with E-state index >= 15 is 0 Å². The summed E-state index contributed by atoms with van der Waals surface area (Å²) in [5, 5.41) is 3.61. The number of nitrogens with zero attached hydrogens (tertiary/aromatic N) is 1. The third-order valence-electron chi connectivity index (χ3n) is 2.76. The van der Waals surface area contributed by atoms with Crippen molar-refractivity contribution in [2.45, 2.75) is 18.4 Å². The summed E-state index contributed by atoms with van der Waals surface area (Å²) in [4.78, 5) is 11.2. The lowest BCUT2D eigenvalue weighted by molar-refractivity contribution is 0.0600. The lowest BCUT2D eigenvalue weighted by Crippen LogP contribution is -2.23. The van der Waals surface area contributed by atoms with Crippen molar-refractivity contribution < 1.29 is 22.5 Å². The highest BCUT2D eigenvalue weighted by Crippen LogP contribution is 2.23. The van der Waals surface area contributed by atoms with Gasteiger partial charge in [0, 0.05) is 6.07 Å². The number of benzene rings is 1. The van der Waals surface area contributed by atoms with E-state index in [0.29, 0.717) is 11.5 Å². The van der Waals surface area contributed by atoms with Crippen molar-refractivity contribution >= 4 is 27.6 Å². The maximum atomic E-state index is 12.2. The molecule has 0 amide bonds. The van der Waals surface area contributed by atoms with Gasteiger partial charge in [0.1, 0.15) is 10.7 Å². The van der Waals surface area contributed by atoms with Gasteiger partial charge in [-0.15, -0.1) is 0 Å². The monoisotopic (exact) mass is 344 g/mol. The van der Waals surface area contributed by atoms with Crippen LogP contribution < -0.4 is 4.72 Å². The molecule has 0 aliphatic heterocycles. The first-order chi connectivity index (χ1) is 10.3. The molecule has 118 valence electrons. The second-order valence-electron chi connectivity index (χ2n) is 4.39. The number of sulfonamides is 1. The highest BCUT2D eigenvalue weighted by molar-refractivity contribution is 7.89. The summed E-state index contributed by atoms with van der Waals surface area (Å²) in [6.07, 6.45) is 0. The van der Waals surface area contributed by atoms with Gasteiger partial charge in [-0.05, 0) is 25.1 Å². The average Bonchev–Trinajstić information content (AvgIpc) is 2.89. The molecule has 0 radical (unpaired) electrons. The molecule has 0 aliphatic carbocycles. The molecule has 1 aromatic carbocycles. The Labute approximate surface area is 132 Å². The van der Waals surface area contributed by atoms with Crippen molar-refractivity contribution in [3.8, 4) is 0 Å². The van der Waals surface area contributed by atoms with Gasteiger partial charge in [0.15, 0.2) is 0 Å². The van der Waals surface area contributed by atoms with Gasteiger partial charge in [-0.2, -0.15) is 0 Å². The Morgan fingerprint density at radius 3 is 2.68 bits per heavy atom. The van der Waals surface area contributed by atoms with E-state index < -0.39 is 16.0 Å². The van der Waals surface area contributed by atoms with E-state index in [1.54, 1.807) is 13.0 Å². The van der Waals surface area contributed by atoms with Crippen molar-refractivity contribution in [3.63, 3.8) is 0 Å². The molecule has 7 nitrogen and oxygen atoms in total. The number of aryl methyl sites for hydroxylation is 1. The molecular formula is C13H13ClN2O5S. The number of esters is 1. The smallest absolute Gasteiger partial charge is 0.337 e. The van der Waals surface area contributed by atoms with Crippen molar-refractivity contribution in [1.82, 2.24) is 9.88 Å². The third-order valence-corrected chi connectivity index (χ3v) is 4.65. The van der Waals surface area contributed by atoms with Crippen LogP contribution in [0.3, 0.4) is 0 Å². The Morgan fingerprint density at radius 2 is 2.14 bits per heavy atom. The molecule has 1 N–H and O–H groups in total. The third kappa shape index (κ3) is 3.65. The molecule has 9 heteroatoms. The number of aromatic nitrogens is 1. The number of hydrogen-bond donors (Lipinski definition) is 1. The van der Waals surface area contributed by atoms with Crippen LogP contribution in [0.5, 0.6) is 0 Å². The van der Waals surface area contributed by atoms with Crippen molar-refractivity contribution in [1.29, 1.82) is 0 Å². The Kier molecular flexibility index (Phi) is 4.84. The number of carbonyl (C=O) groups excluding carboxylic acids is 1. The molecule has 1 aromatic heterocycles. The van der Waals surface area contributed by atoms with Crippen LogP contribution in [0.2, 0.25) is 5.02 Å². The fourth-order valence-electron chi connectivity index (χ4n) is 1.71. The van der Waals surface area contributed by atoms with Gasteiger partial charge in [0.25, 0.3) is 0 Å². The molecule has 0 fully saturated rings. The Balaban J connectivity index is 2.20.